The number of hydrogen-bond acceptors (Lipinski definition) is 3. The number of rotatable bonds is 1. The summed E-state index contributed by atoms with van der Waals surface area (Å²) in [4.78, 5) is 13.4. The van der Waals surface area contributed by atoms with E-state index in [0.29, 0.717) is 0 Å². The highest BCUT2D eigenvalue weighted by Crippen LogP contribution is 2.33. The molecular weight excluding hydrogens is 130 g/mol. The topological polar surface area (TPSA) is 38.7 Å². The molecule has 0 aromatic rings. The molecule has 2 heterocycles. The van der Waals surface area contributed by atoms with Gasteiger partial charge in [0.15, 0.2) is 0 Å². The lowest BCUT2D eigenvalue weighted by Crippen LogP contribution is -2.02. The van der Waals surface area contributed by atoms with Gasteiger partial charge in [0.25, 0.3) is 0 Å². The van der Waals surface area contributed by atoms with E-state index in [2.05, 4.69) is 4.99 Å². The van der Waals surface area contributed by atoms with Crippen molar-refractivity contribution >= 4 is 6.08 Å². The molecule has 1 fully saturated rings. The summed E-state index contributed by atoms with van der Waals surface area (Å²) < 4.78 is 5.37. The van der Waals surface area contributed by atoms with Gasteiger partial charge < -0.3 is 4.74 Å². The highest BCUT2D eigenvalue weighted by molar-refractivity contribution is 5.39. The second kappa shape index (κ2) is 2.04. The SMILES string of the molecule is O=C=NC1=CC2CCC1O2. The quantitative estimate of drug-likeness (QED) is 0.395. The number of ether oxygens (including phenoxy) is 1. The predicted octanol–water partition coefficient (Wildman–Crippen LogP) is 0.767. The van der Waals surface area contributed by atoms with Crippen molar-refractivity contribution in [3.8, 4) is 0 Å². The molecule has 0 aromatic heterocycles. The lowest BCUT2D eigenvalue weighted by molar-refractivity contribution is 0.115. The van der Waals surface area contributed by atoms with E-state index in [4.69, 9.17) is 4.74 Å². The van der Waals surface area contributed by atoms with Gasteiger partial charge >= 0.3 is 0 Å². The zero-order valence-corrected chi connectivity index (χ0v) is 5.41. The number of aliphatic imine (C=N–C) groups is 1. The Hall–Kier alpha value is -0.920. The molecule has 0 aliphatic carbocycles. The van der Waals surface area contributed by atoms with Crippen LogP contribution < -0.4 is 0 Å². The second-order valence-electron chi connectivity index (χ2n) is 2.54. The Balaban J connectivity index is 2.25. The first-order valence-corrected chi connectivity index (χ1v) is 3.35. The molecule has 0 spiro atoms. The van der Waals surface area contributed by atoms with Crippen LogP contribution >= 0.6 is 0 Å². The lowest BCUT2D eigenvalue weighted by atomic mass is 10.1. The van der Waals surface area contributed by atoms with Crippen molar-refractivity contribution in [3.05, 3.63) is 11.8 Å². The molecule has 0 aromatic carbocycles. The maximum absolute atomic E-state index is 9.85. The van der Waals surface area contributed by atoms with Crippen LogP contribution in [0.4, 0.5) is 0 Å². The first-order valence-electron chi connectivity index (χ1n) is 3.35. The van der Waals surface area contributed by atoms with E-state index in [0.717, 1.165) is 18.5 Å². The number of fused-ring (bicyclic) bond motifs is 2. The van der Waals surface area contributed by atoms with E-state index >= 15 is 0 Å². The molecule has 0 radical (unpaired) electrons. The van der Waals surface area contributed by atoms with E-state index < -0.39 is 0 Å². The standard InChI is InChI=1S/C7H7NO2/c9-4-8-6-3-5-1-2-7(6)10-5/h3,5,7H,1-2H2. The highest BCUT2D eigenvalue weighted by Gasteiger charge is 2.33. The van der Waals surface area contributed by atoms with Crippen LogP contribution in [0, 0.1) is 0 Å². The Kier molecular flexibility index (Phi) is 1.19. The number of nitrogens with zero attached hydrogens (tertiary/aromatic N) is 1. The van der Waals surface area contributed by atoms with Gasteiger partial charge in [-0.2, -0.15) is 4.99 Å². The minimum atomic E-state index is 0.0893. The van der Waals surface area contributed by atoms with Crippen molar-refractivity contribution in [3.63, 3.8) is 0 Å². The fourth-order valence-electron chi connectivity index (χ4n) is 1.46. The van der Waals surface area contributed by atoms with Gasteiger partial charge in [0, 0.05) is 0 Å². The van der Waals surface area contributed by atoms with Gasteiger partial charge in [-0.1, -0.05) is 0 Å². The third-order valence-corrected chi connectivity index (χ3v) is 1.91. The van der Waals surface area contributed by atoms with Crippen molar-refractivity contribution in [1.29, 1.82) is 0 Å². The predicted molar refractivity (Wildman–Crippen MR) is 34.1 cm³/mol. The molecule has 3 nitrogen and oxygen atoms in total. The first-order chi connectivity index (χ1) is 4.90. The summed E-state index contributed by atoms with van der Waals surface area (Å²) in [7, 11) is 0. The Labute approximate surface area is 58.4 Å². The molecule has 0 N–H and O–H groups in total. The number of carbonyl (C=O) groups excluding carboxylic acids is 1. The van der Waals surface area contributed by atoms with Gasteiger partial charge in [-0.3, -0.25) is 0 Å². The molecule has 3 heteroatoms. The molecule has 2 atom stereocenters. The Morgan fingerprint density at radius 2 is 2.60 bits per heavy atom. The molecule has 2 aliphatic rings. The molecule has 1 saturated heterocycles. The summed E-state index contributed by atoms with van der Waals surface area (Å²) in [6.07, 6.45) is 5.81. The molecule has 2 rings (SSSR count). The second-order valence-corrected chi connectivity index (χ2v) is 2.54. The summed E-state index contributed by atoms with van der Waals surface area (Å²) in [5, 5.41) is 0. The molecule has 0 saturated carbocycles. The van der Waals surface area contributed by atoms with E-state index in [1.165, 1.54) is 6.08 Å². The van der Waals surface area contributed by atoms with E-state index in [1.807, 2.05) is 6.08 Å². The summed E-state index contributed by atoms with van der Waals surface area (Å²) >= 11 is 0. The molecule has 52 valence electrons. The van der Waals surface area contributed by atoms with Crippen molar-refractivity contribution < 1.29 is 9.53 Å². The summed E-state index contributed by atoms with van der Waals surface area (Å²) in [5.41, 5.74) is 0.770. The van der Waals surface area contributed by atoms with Crippen LogP contribution in [0.2, 0.25) is 0 Å². The van der Waals surface area contributed by atoms with Gasteiger partial charge in [0.2, 0.25) is 6.08 Å². The summed E-state index contributed by atoms with van der Waals surface area (Å²) in [6, 6.07) is 0. The summed E-state index contributed by atoms with van der Waals surface area (Å²) in [5.74, 6) is 0. The molecule has 2 bridgehead atoms. The van der Waals surface area contributed by atoms with Gasteiger partial charge in [0.05, 0.1) is 11.8 Å². The van der Waals surface area contributed by atoms with Gasteiger partial charge in [-0.05, 0) is 18.9 Å². The zero-order chi connectivity index (χ0) is 6.97. The third kappa shape index (κ3) is 0.719. The van der Waals surface area contributed by atoms with Crippen LogP contribution in [0.5, 0.6) is 0 Å². The maximum Gasteiger partial charge on any atom is 0.240 e. The number of isocyanates is 1. The van der Waals surface area contributed by atoms with Crippen molar-refractivity contribution in [2.75, 3.05) is 0 Å². The van der Waals surface area contributed by atoms with Crippen molar-refractivity contribution in [2.24, 2.45) is 4.99 Å². The highest BCUT2D eigenvalue weighted by atomic mass is 16.5. The van der Waals surface area contributed by atoms with Crippen LogP contribution in [-0.2, 0) is 9.53 Å². The largest absolute Gasteiger partial charge is 0.365 e. The normalized spacial score (nSPS) is 35.4. The zero-order valence-electron chi connectivity index (χ0n) is 5.41. The van der Waals surface area contributed by atoms with Crippen LogP contribution in [0.25, 0.3) is 0 Å². The van der Waals surface area contributed by atoms with E-state index in [-0.39, 0.29) is 12.2 Å². The van der Waals surface area contributed by atoms with Gasteiger partial charge in [-0.15, -0.1) is 0 Å². The lowest BCUT2D eigenvalue weighted by Gasteiger charge is -2.01. The molecule has 10 heavy (non-hydrogen) atoms. The van der Waals surface area contributed by atoms with Crippen LogP contribution in [0.1, 0.15) is 12.8 Å². The Morgan fingerprint density at radius 1 is 1.70 bits per heavy atom. The van der Waals surface area contributed by atoms with Crippen LogP contribution in [0.15, 0.2) is 16.8 Å². The first kappa shape index (κ1) is 5.83. The average Bonchev–Trinajstić information content (AvgIpc) is 2.48. The smallest absolute Gasteiger partial charge is 0.240 e. The van der Waals surface area contributed by atoms with Crippen molar-refractivity contribution in [2.45, 2.75) is 25.0 Å². The maximum atomic E-state index is 9.85. The summed E-state index contributed by atoms with van der Waals surface area (Å²) in [6.45, 7) is 0. The monoisotopic (exact) mass is 137 g/mol. The fourth-order valence-corrected chi connectivity index (χ4v) is 1.46. The van der Waals surface area contributed by atoms with E-state index in [9.17, 15) is 4.79 Å². The Bertz CT molecular complexity index is 228. The molecular formula is C7H7NO2. The average molecular weight is 137 g/mol. The fraction of sp³-hybridized carbons (Fsp3) is 0.571. The minimum absolute atomic E-state index is 0.0893. The van der Waals surface area contributed by atoms with E-state index in [1.54, 1.807) is 0 Å². The van der Waals surface area contributed by atoms with Gasteiger partial charge in [0.1, 0.15) is 6.10 Å². The third-order valence-electron chi connectivity index (χ3n) is 1.91. The van der Waals surface area contributed by atoms with Crippen molar-refractivity contribution in [1.82, 2.24) is 0 Å². The molecule has 2 unspecified atom stereocenters. The van der Waals surface area contributed by atoms with Gasteiger partial charge in [-0.25, -0.2) is 4.79 Å². The molecule has 2 aliphatic heterocycles. The number of hydrogen-bond donors (Lipinski definition) is 0. The van der Waals surface area contributed by atoms with Crippen LogP contribution in [-0.4, -0.2) is 18.3 Å². The Morgan fingerprint density at radius 3 is 3.10 bits per heavy atom. The van der Waals surface area contributed by atoms with Crippen LogP contribution in [0.3, 0.4) is 0 Å². The minimum Gasteiger partial charge on any atom is -0.365 e. The molecule has 0 amide bonds.